The molecular weight excluding hydrogens is 302 g/mol. The van der Waals surface area contributed by atoms with Gasteiger partial charge >= 0.3 is 0 Å². The zero-order valence-corrected chi connectivity index (χ0v) is 13.1. The van der Waals surface area contributed by atoms with Gasteiger partial charge in [-0.3, -0.25) is 4.79 Å². The van der Waals surface area contributed by atoms with E-state index in [0.717, 1.165) is 19.4 Å². The van der Waals surface area contributed by atoms with E-state index in [1.807, 2.05) is 11.4 Å². The van der Waals surface area contributed by atoms with Crippen molar-refractivity contribution in [1.82, 2.24) is 9.78 Å². The van der Waals surface area contributed by atoms with Crippen molar-refractivity contribution in [1.29, 1.82) is 0 Å². The van der Waals surface area contributed by atoms with Crippen molar-refractivity contribution in [2.45, 2.75) is 25.5 Å². The first kappa shape index (κ1) is 15.2. The Morgan fingerprint density at radius 2 is 2.50 bits per heavy atom. The van der Waals surface area contributed by atoms with Crippen molar-refractivity contribution >= 4 is 23.1 Å². The van der Waals surface area contributed by atoms with Gasteiger partial charge in [-0.2, -0.15) is 16.4 Å². The minimum Gasteiger partial charge on any atom is -0.376 e. The van der Waals surface area contributed by atoms with Crippen LogP contribution in [0.15, 0.2) is 29.1 Å². The van der Waals surface area contributed by atoms with Crippen LogP contribution in [0, 0.1) is 0 Å². The number of anilines is 1. The molecule has 2 aromatic heterocycles. The normalized spacial score (nSPS) is 17.7. The van der Waals surface area contributed by atoms with Crippen LogP contribution in [0.5, 0.6) is 0 Å². The summed E-state index contributed by atoms with van der Waals surface area (Å²) in [6, 6.07) is 3.83. The van der Waals surface area contributed by atoms with Gasteiger partial charge in [0.05, 0.1) is 25.5 Å². The molecule has 0 spiro atoms. The van der Waals surface area contributed by atoms with Gasteiger partial charge in [-0.1, -0.05) is 0 Å². The summed E-state index contributed by atoms with van der Waals surface area (Å²) >= 11 is 1.64. The first-order valence-electron chi connectivity index (χ1n) is 7.33. The number of hydrogen-bond acceptors (Lipinski definition) is 5. The number of rotatable bonds is 7. The van der Waals surface area contributed by atoms with Crippen molar-refractivity contribution in [3.05, 3.63) is 34.7 Å². The molecule has 1 aliphatic heterocycles. The lowest BCUT2D eigenvalue weighted by molar-refractivity contribution is -0.121. The lowest BCUT2D eigenvalue weighted by atomic mass is 10.2. The molecule has 1 amide bonds. The van der Waals surface area contributed by atoms with Crippen LogP contribution in [0.25, 0.3) is 0 Å². The number of thiophene rings is 1. The van der Waals surface area contributed by atoms with E-state index in [1.54, 1.807) is 28.3 Å². The minimum absolute atomic E-state index is 0.0312. The molecule has 1 saturated heterocycles. The average molecular weight is 321 g/mol. The number of amides is 1. The Bertz CT molecular complexity index is 591. The molecule has 118 valence electrons. The highest BCUT2D eigenvalue weighted by Crippen LogP contribution is 2.13. The summed E-state index contributed by atoms with van der Waals surface area (Å²) in [5, 5.41) is 11.2. The number of hydrogen-bond donors (Lipinski definition) is 1. The van der Waals surface area contributed by atoms with Gasteiger partial charge in [-0.25, -0.2) is 4.68 Å². The molecule has 1 atom stereocenters. The molecule has 3 heterocycles. The SMILES string of the molecule is O=C(COC[C@H]1CCCO1)Nc1ccnn1Cc1ccsc1. The number of nitrogens with one attached hydrogen (secondary N) is 1. The van der Waals surface area contributed by atoms with Crippen molar-refractivity contribution in [2.24, 2.45) is 0 Å². The molecule has 0 saturated carbocycles. The fraction of sp³-hybridized carbons (Fsp3) is 0.467. The zero-order valence-electron chi connectivity index (χ0n) is 12.2. The number of carbonyl (C=O) groups excluding carboxylic acids is 1. The van der Waals surface area contributed by atoms with Crippen LogP contribution in [0.3, 0.4) is 0 Å². The summed E-state index contributed by atoms with van der Waals surface area (Å²) in [6.07, 6.45) is 3.89. The first-order chi connectivity index (χ1) is 10.8. The summed E-state index contributed by atoms with van der Waals surface area (Å²) < 4.78 is 12.6. The topological polar surface area (TPSA) is 65.4 Å². The van der Waals surface area contributed by atoms with E-state index in [9.17, 15) is 4.79 Å². The third-order valence-corrected chi connectivity index (χ3v) is 4.19. The Morgan fingerprint density at radius 1 is 1.55 bits per heavy atom. The molecule has 1 aliphatic rings. The Morgan fingerprint density at radius 3 is 3.27 bits per heavy atom. The molecule has 7 heteroatoms. The fourth-order valence-electron chi connectivity index (χ4n) is 2.36. The molecule has 0 bridgehead atoms. The summed E-state index contributed by atoms with van der Waals surface area (Å²) in [7, 11) is 0. The van der Waals surface area contributed by atoms with E-state index in [0.29, 0.717) is 19.0 Å². The second-order valence-electron chi connectivity index (χ2n) is 5.20. The summed E-state index contributed by atoms with van der Waals surface area (Å²) in [5.74, 6) is 0.502. The lowest BCUT2D eigenvalue weighted by Gasteiger charge is -2.11. The highest BCUT2D eigenvalue weighted by molar-refractivity contribution is 7.07. The van der Waals surface area contributed by atoms with Gasteiger partial charge in [-0.05, 0) is 35.2 Å². The smallest absolute Gasteiger partial charge is 0.251 e. The van der Waals surface area contributed by atoms with E-state index in [2.05, 4.69) is 15.8 Å². The number of ether oxygens (including phenoxy) is 2. The largest absolute Gasteiger partial charge is 0.376 e. The predicted octanol–water partition coefficient (Wildman–Crippen LogP) is 2.13. The zero-order chi connectivity index (χ0) is 15.2. The van der Waals surface area contributed by atoms with Gasteiger partial charge in [0, 0.05) is 12.7 Å². The molecule has 6 nitrogen and oxygen atoms in total. The highest BCUT2D eigenvalue weighted by atomic mass is 32.1. The average Bonchev–Trinajstić information content (AvgIpc) is 3.23. The Balaban J connectivity index is 1.46. The quantitative estimate of drug-likeness (QED) is 0.848. The maximum Gasteiger partial charge on any atom is 0.251 e. The third kappa shape index (κ3) is 4.16. The van der Waals surface area contributed by atoms with Crippen molar-refractivity contribution in [3.63, 3.8) is 0 Å². The van der Waals surface area contributed by atoms with Crippen LogP contribution in [-0.2, 0) is 20.8 Å². The fourth-order valence-corrected chi connectivity index (χ4v) is 3.02. The highest BCUT2D eigenvalue weighted by Gasteiger charge is 2.16. The Hall–Kier alpha value is -1.70. The van der Waals surface area contributed by atoms with Crippen molar-refractivity contribution in [2.75, 3.05) is 25.1 Å². The van der Waals surface area contributed by atoms with Gasteiger partial charge in [0.15, 0.2) is 0 Å². The van der Waals surface area contributed by atoms with Crippen molar-refractivity contribution < 1.29 is 14.3 Å². The van der Waals surface area contributed by atoms with E-state index >= 15 is 0 Å². The van der Waals surface area contributed by atoms with Crippen LogP contribution in [0.1, 0.15) is 18.4 Å². The Kier molecular flexibility index (Phi) is 5.20. The molecule has 2 aromatic rings. The molecular formula is C15H19N3O3S. The maximum absolute atomic E-state index is 11.9. The summed E-state index contributed by atoms with van der Waals surface area (Å²) in [5.41, 5.74) is 1.17. The van der Waals surface area contributed by atoms with Gasteiger partial charge < -0.3 is 14.8 Å². The van der Waals surface area contributed by atoms with Crippen LogP contribution in [0.2, 0.25) is 0 Å². The van der Waals surface area contributed by atoms with E-state index in [-0.39, 0.29) is 18.6 Å². The number of aromatic nitrogens is 2. The molecule has 1 N–H and O–H groups in total. The molecule has 0 aromatic carbocycles. The van der Waals surface area contributed by atoms with Crippen LogP contribution >= 0.6 is 11.3 Å². The van der Waals surface area contributed by atoms with E-state index < -0.39 is 0 Å². The molecule has 3 rings (SSSR count). The van der Waals surface area contributed by atoms with Crippen LogP contribution in [0.4, 0.5) is 5.82 Å². The minimum atomic E-state index is -0.176. The molecule has 0 unspecified atom stereocenters. The predicted molar refractivity (Wildman–Crippen MR) is 84.1 cm³/mol. The maximum atomic E-state index is 11.9. The van der Waals surface area contributed by atoms with Crippen molar-refractivity contribution in [3.8, 4) is 0 Å². The van der Waals surface area contributed by atoms with Crippen LogP contribution in [-0.4, -0.2) is 41.6 Å². The lowest BCUT2D eigenvalue weighted by Crippen LogP contribution is -2.23. The first-order valence-corrected chi connectivity index (χ1v) is 8.27. The van der Waals surface area contributed by atoms with Gasteiger partial charge in [0.2, 0.25) is 0 Å². The Labute approximate surface area is 133 Å². The summed E-state index contributed by atoms with van der Waals surface area (Å²) in [4.78, 5) is 11.9. The second-order valence-corrected chi connectivity index (χ2v) is 5.98. The number of nitrogens with zero attached hydrogens (tertiary/aromatic N) is 2. The monoisotopic (exact) mass is 321 g/mol. The third-order valence-electron chi connectivity index (χ3n) is 3.46. The molecule has 22 heavy (non-hydrogen) atoms. The van der Waals surface area contributed by atoms with Gasteiger partial charge in [0.1, 0.15) is 12.4 Å². The van der Waals surface area contributed by atoms with E-state index in [4.69, 9.17) is 9.47 Å². The van der Waals surface area contributed by atoms with Gasteiger partial charge in [0.25, 0.3) is 5.91 Å². The molecule has 1 fully saturated rings. The van der Waals surface area contributed by atoms with Gasteiger partial charge in [-0.15, -0.1) is 0 Å². The molecule has 0 aliphatic carbocycles. The second kappa shape index (κ2) is 7.53. The summed E-state index contributed by atoms with van der Waals surface area (Å²) in [6.45, 7) is 1.94. The van der Waals surface area contributed by atoms with Crippen LogP contribution < -0.4 is 5.32 Å². The van der Waals surface area contributed by atoms with E-state index in [1.165, 1.54) is 5.56 Å². The standard InChI is InChI=1S/C15H19N3O3S/c19-15(10-20-9-13-2-1-6-21-13)17-14-3-5-16-18(14)8-12-4-7-22-11-12/h3-5,7,11,13H,1-2,6,8-10H2,(H,17,19)/t13-/m1/s1. The molecule has 0 radical (unpaired) electrons. The number of carbonyl (C=O) groups is 1.